The summed E-state index contributed by atoms with van der Waals surface area (Å²) in [5.41, 5.74) is -0.242. The van der Waals surface area contributed by atoms with Gasteiger partial charge in [0.25, 0.3) is 0 Å². The molecule has 0 aliphatic rings. The predicted molar refractivity (Wildman–Crippen MR) is 83.0 cm³/mol. The molecule has 0 saturated carbocycles. The Kier molecular flexibility index (Phi) is 4.72. The number of hydrogen-bond acceptors (Lipinski definition) is 4. The zero-order valence-corrected chi connectivity index (χ0v) is 13.4. The van der Waals surface area contributed by atoms with Crippen LogP contribution in [0, 0.1) is 11.6 Å². The number of nitrogens with one attached hydrogen (secondary N) is 2. The molecule has 2 rings (SSSR count). The Hall–Kier alpha value is -1.76. The Labute approximate surface area is 130 Å². The molecule has 7 heteroatoms. The fraction of sp³-hybridized carbons (Fsp3) is 0.286. The molecule has 0 aliphatic heterocycles. The number of rotatable bonds is 4. The summed E-state index contributed by atoms with van der Waals surface area (Å²) in [7, 11) is 1.72. The summed E-state index contributed by atoms with van der Waals surface area (Å²) >= 11 is 3.04. The van der Waals surface area contributed by atoms with Gasteiger partial charge in [-0.05, 0) is 12.1 Å². The van der Waals surface area contributed by atoms with Gasteiger partial charge in [-0.3, -0.25) is 0 Å². The Morgan fingerprint density at radius 1 is 1.05 bits per heavy atom. The molecular formula is C14H15BrF2N4. The molecule has 112 valence electrons. The van der Waals surface area contributed by atoms with E-state index in [2.05, 4.69) is 36.5 Å². The monoisotopic (exact) mass is 356 g/mol. The van der Waals surface area contributed by atoms with Gasteiger partial charge in [-0.25, -0.2) is 18.7 Å². The van der Waals surface area contributed by atoms with E-state index < -0.39 is 11.6 Å². The maximum absolute atomic E-state index is 13.8. The maximum Gasteiger partial charge on any atom is 0.150 e. The quantitative estimate of drug-likeness (QED) is 0.850. The van der Waals surface area contributed by atoms with E-state index in [9.17, 15) is 8.78 Å². The minimum absolute atomic E-state index is 0.0958. The minimum Gasteiger partial charge on any atom is -0.373 e. The van der Waals surface area contributed by atoms with Gasteiger partial charge in [-0.1, -0.05) is 29.8 Å². The zero-order chi connectivity index (χ0) is 15.6. The summed E-state index contributed by atoms with van der Waals surface area (Å²) in [5.74, 6) is 0.197. The van der Waals surface area contributed by atoms with Crippen molar-refractivity contribution < 1.29 is 8.78 Å². The molecule has 1 aromatic carbocycles. The Balaban J connectivity index is 2.42. The molecule has 0 spiro atoms. The highest BCUT2D eigenvalue weighted by molar-refractivity contribution is 9.10. The van der Waals surface area contributed by atoms with E-state index in [0.717, 1.165) is 0 Å². The number of aromatic nitrogens is 2. The highest BCUT2D eigenvalue weighted by Crippen LogP contribution is 2.27. The SMILES string of the molecule is CNc1cc(Nc2c(F)cc(Br)cc2F)nc(C(C)C)n1. The van der Waals surface area contributed by atoms with Gasteiger partial charge >= 0.3 is 0 Å². The molecule has 21 heavy (non-hydrogen) atoms. The molecule has 0 aliphatic carbocycles. The fourth-order valence-electron chi connectivity index (χ4n) is 1.71. The Morgan fingerprint density at radius 3 is 2.14 bits per heavy atom. The second-order valence-corrected chi connectivity index (χ2v) is 5.69. The average molecular weight is 357 g/mol. The van der Waals surface area contributed by atoms with Crippen molar-refractivity contribution in [1.29, 1.82) is 0 Å². The molecule has 1 heterocycles. The molecule has 1 aromatic heterocycles. The van der Waals surface area contributed by atoms with Crippen molar-refractivity contribution in [3.63, 3.8) is 0 Å². The summed E-state index contributed by atoms with van der Waals surface area (Å²) in [6.07, 6.45) is 0. The Morgan fingerprint density at radius 2 is 1.62 bits per heavy atom. The molecule has 0 unspecified atom stereocenters. The van der Waals surface area contributed by atoms with Gasteiger partial charge in [-0.2, -0.15) is 0 Å². The van der Waals surface area contributed by atoms with E-state index in [1.165, 1.54) is 12.1 Å². The van der Waals surface area contributed by atoms with E-state index in [1.54, 1.807) is 13.1 Å². The third kappa shape index (κ3) is 3.66. The first-order valence-corrected chi connectivity index (χ1v) is 7.18. The highest BCUT2D eigenvalue weighted by Gasteiger charge is 2.13. The van der Waals surface area contributed by atoms with E-state index in [0.29, 0.717) is 21.9 Å². The highest BCUT2D eigenvalue weighted by atomic mass is 79.9. The van der Waals surface area contributed by atoms with Gasteiger partial charge in [0.05, 0.1) is 0 Å². The van der Waals surface area contributed by atoms with Crippen molar-refractivity contribution in [2.24, 2.45) is 0 Å². The van der Waals surface area contributed by atoms with Gasteiger partial charge in [0.15, 0.2) is 11.6 Å². The van der Waals surface area contributed by atoms with Crippen LogP contribution >= 0.6 is 15.9 Å². The van der Waals surface area contributed by atoms with Crippen LogP contribution in [0.4, 0.5) is 26.1 Å². The second-order valence-electron chi connectivity index (χ2n) is 4.77. The molecular weight excluding hydrogens is 342 g/mol. The van der Waals surface area contributed by atoms with Gasteiger partial charge in [0, 0.05) is 23.5 Å². The molecule has 2 aromatic rings. The van der Waals surface area contributed by atoms with Crippen LogP contribution in [0.2, 0.25) is 0 Å². The number of anilines is 3. The lowest BCUT2D eigenvalue weighted by molar-refractivity contribution is 0.589. The first kappa shape index (κ1) is 15.6. The van der Waals surface area contributed by atoms with Crippen LogP contribution in [-0.2, 0) is 0 Å². The van der Waals surface area contributed by atoms with Crippen LogP contribution in [-0.4, -0.2) is 17.0 Å². The minimum atomic E-state index is -0.697. The van der Waals surface area contributed by atoms with Gasteiger partial charge < -0.3 is 10.6 Å². The predicted octanol–water partition coefficient (Wildman–Crippen LogP) is 4.43. The van der Waals surface area contributed by atoms with Crippen molar-refractivity contribution in [2.45, 2.75) is 19.8 Å². The van der Waals surface area contributed by atoms with Crippen molar-refractivity contribution in [1.82, 2.24) is 9.97 Å². The number of halogens is 3. The molecule has 0 atom stereocenters. The lowest BCUT2D eigenvalue weighted by atomic mass is 10.2. The van der Waals surface area contributed by atoms with Gasteiger partial charge in [0.1, 0.15) is 23.1 Å². The van der Waals surface area contributed by atoms with Crippen molar-refractivity contribution >= 4 is 33.3 Å². The van der Waals surface area contributed by atoms with Crippen molar-refractivity contribution in [3.05, 3.63) is 40.1 Å². The first-order valence-electron chi connectivity index (χ1n) is 6.39. The zero-order valence-electron chi connectivity index (χ0n) is 11.8. The summed E-state index contributed by atoms with van der Waals surface area (Å²) in [6.45, 7) is 3.89. The molecule has 0 radical (unpaired) electrons. The van der Waals surface area contributed by atoms with E-state index in [4.69, 9.17) is 0 Å². The lowest BCUT2D eigenvalue weighted by Gasteiger charge is -2.12. The van der Waals surface area contributed by atoms with Crippen LogP contribution in [0.3, 0.4) is 0 Å². The van der Waals surface area contributed by atoms with Crippen LogP contribution in [0.15, 0.2) is 22.7 Å². The maximum atomic E-state index is 13.8. The molecule has 0 bridgehead atoms. The van der Waals surface area contributed by atoms with Crippen LogP contribution < -0.4 is 10.6 Å². The van der Waals surface area contributed by atoms with Crippen LogP contribution in [0.1, 0.15) is 25.6 Å². The topological polar surface area (TPSA) is 49.8 Å². The summed E-state index contributed by atoms with van der Waals surface area (Å²) in [4.78, 5) is 8.57. The average Bonchev–Trinajstić information content (AvgIpc) is 2.42. The smallest absolute Gasteiger partial charge is 0.150 e. The molecule has 2 N–H and O–H groups in total. The van der Waals surface area contributed by atoms with Crippen molar-refractivity contribution in [3.8, 4) is 0 Å². The number of nitrogens with zero attached hydrogens (tertiary/aromatic N) is 2. The molecule has 4 nitrogen and oxygen atoms in total. The largest absolute Gasteiger partial charge is 0.373 e. The lowest BCUT2D eigenvalue weighted by Crippen LogP contribution is -2.06. The molecule has 0 saturated heterocycles. The van der Waals surface area contributed by atoms with Gasteiger partial charge in [0.2, 0.25) is 0 Å². The van der Waals surface area contributed by atoms with Crippen LogP contribution in [0.25, 0.3) is 0 Å². The third-order valence-electron chi connectivity index (χ3n) is 2.78. The number of benzene rings is 1. The molecule has 0 fully saturated rings. The molecule has 0 amide bonds. The van der Waals surface area contributed by atoms with Crippen molar-refractivity contribution in [2.75, 3.05) is 17.7 Å². The fourth-order valence-corrected chi connectivity index (χ4v) is 2.11. The summed E-state index contributed by atoms with van der Waals surface area (Å²) in [5, 5.41) is 5.58. The van der Waals surface area contributed by atoms with E-state index in [-0.39, 0.29) is 11.6 Å². The summed E-state index contributed by atoms with van der Waals surface area (Å²) < 4.78 is 28.0. The second kappa shape index (κ2) is 6.34. The summed E-state index contributed by atoms with van der Waals surface area (Å²) in [6, 6.07) is 3.97. The Bertz CT molecular complexity index is 638. The van der Waals surface area contributed by atoms with Crippen LogP contribution in [0.5, 0.6) is 0 Å². The third-order valence-corrected chi connectivity index (χ3v) is 3.23. The first-order chi connectivity index (χ1) is 9.90. The standard InChI is InChI=1S/C14H15BrF2N4/c1-7(2)14-20-11(18-3)6-12(21-14)19-13-9(16)4-8(15)5-10(13)17/h4-7H,1-3H3,(H2,18,19,20,21). The van der Waals surface area contributed by atoms with E-state index >= 15 is 0 Å². The van der Waals surface area contributed by atoms with Gasteiger partial charge in [-0.15, -0.1) is 0 Å². The normalized spacial score (nSPS) is 10.8. The van der Waals surface area contributed by atoms with E-state index in [1.807, 2.05) is 13.8 Å². The number of hydrogen-bond donors (Lipinski definition) is 2.